The Labute approximate surface area is 191 Å². The van der Waals surface area contributed by atoms with Gasteiger partial charge in [-0.05, 0) is 49.6 Å². The summed E-state index contributed by atoms with van der Waals surface area (Å²) in [6.45, 7) is 6.59. The molecule has 2 aromatic carbocycles. The van der Waals surface area contributed by atoms with Gasteiger partial charge in [0.15, 0.2) is 0 Å². The number of urea groups is 1. The van der Waals surface area contributed by atoms with E-state index >= 15 is 0 Å². The van der Waals surface area contributed by atoms with Gasteiger partial charge in [-0.2, -0.15) is 8.75 Å². The fourth-order valence-corrected chi connectivity index (χ4v) is 4.89. The van der Waals surface area contributed by atoms with Crippen LogP contribution in [0.25, 0.3) is 11.0 Å². The molecule has 0 bridgehead atoms. The van der Waals surface area contributed by atoms with Crippen LogP contribution in [0.3, 0.4) is 0 Å². The molecule has 9 heteroatoms. The Morgan fingerprint density at radius 3 is 2.88 bits per heavy atom. The number of unbranched alkanes of at least 4 members (excludes halogenated alkanes) is 1. The van der Waals surface area contributed by atoms with E-state index in [1.54, 1.807) is 0 Å². The minimum absolute atomic E-state index is 0.152. The van der Waals surface area contributed by atoms with Crippen LogP contribution in [0.15, 0.2) is 36.4 Å². The van der Waals surface area contributed by atoms with Gasteiger partial charge in [0.05, 0.1) is 24.0 Å². The number of hydrogen-bond donors (Lipinski definition) is 2. The second kappa shape index (κ2) is 9.70. The third-order valence-corrected chi connectivity index (χ3v) is 6.67. The van der Waals surface area contributed by atoms with Gasteiger partial charge >= 0.3 is 6.03 Å². The number of anilines is 2. The lowest BCUT2D eigenvalue weighted by Crippen LogP contribution is -2.46. The Kier molecular flexibility index (Phi) is 6.36. The maximum absolute atomic E-state index is 11.7. The lowest BCUT2D eigenvalue weighted by molar-refractivity contribution is 0.239. The quantitative estimate of drug-likeness (QED) is 0.535. The molecular weight excluding hydrogens is 424 g/mol. The normalized spacial score (nSPS) is 16.9. The molecule has 3 heterocycles. The maximum atomic E-state index is 11.7. The van der Waals surface area contributed by atoms with E-state index in [-0.39, 0.29) is 6.03 Å². The monoisotopic (exact) mass is 452 g/mol. The highest BCUT2D eigenvalue weighted by Crippen LogP contribution is 2.26. The zero-order chi connectivity index (χ0) is 21.8. The highest BCUT2D eigenvalue weighted by atomic mass is 32.1. The van der Waals surface area contributed by atoms with E-state index in [9.17, 15) is 4.79 Å². The SMILES string of the molecule is O=C1NCCc2ccc(OCCCCN3CCN(c4cccc5nsnc45)CC3)cc2N1. The van der Waals surface area contributed by atoms with Gasteiger partial charge < -0.3 is 20.3 Å². The first-order chi connectivity index (χ1) is 15.8. The van der Waals surface area contributed by atoms with Crippen molar-refractivity contribution in [2.75, 3.05) is 56.1 Å². The van der Waals surface area contributed by atoms with Crippen molar-refractivity contribution in [1.29, 1.82) is 0 Å². The van der Waals surface area contributed by atoms with Crippen LogP contribution >= 0.6 is 11.7 Å². The molecular formula is C23H28N6O2S. The van der Waals surface area contributed by atoms with Crippen molar-refractivity contribution in [3.63, 3.8) is 0 Å². The second-order valence-electron chi connectivity index (χ2n) is 8.24. The number of carbonyl (C=O) groups excluding carboxylic acids is 1. The molecule has 2 N–H and O–H groups in total. The summed E-state index contributed by atoms with van der Waals surface area (Å²) in [5.74, 6) is 0.810. The third kappa shape index (κ3) is 4.78. The molecule has 3 aromatic rings. The summed E-state index contributed by atoms with van der Waals surface area (Å²) in [5, 5.41) is 5.70. The van der Waals surface area contributed by atoms with Crippen molar-refractivity contribution in [1.82, 2.24) is 19.0 Å². The van der Waals surface area contributed by atoms with Crippen LogP contribution in [0.2, 0.25) is 0 Å². The number of aromatic nitrogens is 2. The molecule has 0 atom stereocenters. The lowest BCUT2D eigenvalue weighted by Gasteiger charge is -2.36. The number of fused-ring (bicyclic) bond motifs is 2. The summed E-state index contributed by atoms with van der Waals surface area (Å²) in [6.07, 6.45) is 2.95. The molecule has 0 unspecified atom stereocenters. The van der Waals surface area contributed by atoms with E-state index in [0.29, 0.717) is 13.2 Å². The molecule has 0 aliphatic carbocycles. The first-order valence-electron chi connectivity index (χ1n) is 11.3. The van der Waals surface area contributed by atoms with Gasteiger partial charge in [-0.15, -0.1) is 0 Å². The van der Waals surface area contributed by atoms with Crippen molar-refractivity contribution in [2.45, 2.75) is 19.3 Å². The Balaban J connectivity index is 1.04. The molecule has 1 aromatic heterocycles. The van der Waals surface area contributed by atoms with Crippen LogP contribution in [0, 0.1) is 0 Å². The van der Waals surface area contributed by atoms with E-state index in [2.05, 4.69) is 41.3 Å². The topological polar surface area (TPSA) is 82.6 Å². The van der Waals surface area contributed by atoms with E-state index in [1.165, 1.54) is 17.4 Å². The smallest absolute Gasteiger partial charge is 0.319 e. The average Bonchev–Trinajstić information content (AvgIpc) is 3.22. The van der Waals surface area contributed by atoms with Crippen LogP contribution in [-0.2, 0) is 6.42 Å². The number of benzene rings is 2. The maximum Gasteiger partial charge on any atom is 0.319 e. The highest BCUT2D eigenvalue weighted by molar-refractivity contribution is 7.00. The van der Waals surface area contributed by atoms with Gasteiger partial charge in [-0.3, -0.25) is 4.90 Å². The number of carbonyl (C=O) groups is 1. The van der Waals surface area contributed by atoms with Crippen molar-refractivity contribution in [3.05, 3.63) is 42.0 Å². The number of nitrogens with zero attached hydrogens (tertiary/aromatic N) is 4. The van der Waals surface area contributed by atoms with Gasteiger partial charge in [0.25, 0.3) is 0 Å². The Hall–Kier alpha value is -2.91. The number of amides is 2. The largest absolute Gasteiger partial charge is 0.494 e. The number of rotatable bonds is 7. The van der Waals surface area contributed by atoms with Gasteiger partial charge in [0.2, 0.25) is 0 Å². The van der Waals surface area contributed by atoms with Crippen LogP contribution < -0.4 is 20.3 Å². The van der Waals surface area contributed by atoms with E-state index in [1.807, 2.05) is 24.3 Å². The van der Waals surface area contributed by atoms with E-state index < -0.39 is 0 Å². The van der Waals surface area contributed by atoms with Crippen molar-refractivity contribution in [3.8, 4) is 5.75 Å². The minimum Gasteiger partial charge on any atom is -0.494 e. The molecule has 2 amide bonds. The van der Waals surface area contributed by atoms with E-state index in [0.717, 1.165) is 80.0 Å². The van der Waals surface area contributed by atoms with Crippen LogP contribution in [0.1, 0.15) is 18.4 Å². The molecule has 32 heavy (non-hydrogen) atoms. The van der Waals surface area contributed by atoms with Crippen molar-refractivity contribution in [2.24, 2.45) is 0 Å². The summed E-state index contributed by atoms with van der Waals surface area (Å²) in [5.41, 5.74) is 5.20. The van der Waals surface area contributed by atoms with Crippen molar-refractivity contribution < 1.29 is 9.53 Å². The fraction of sp³-hybridized carbons (Fsp3) is 0.435. The van der Waals surface area contributed by atoms with Gasteiger partial charge in [-0.1, -0.05) is 12.1 Å². The Morgan fingerprint density at radius 1 is 1.06 bits per heavy atom. The summed E-state index contributed by atoms with van der Waals surface area (Å²) in [7, 11) is 0. The predicted molar refractivity (Wildman–Crippen MR) is 128 cm³/mol. The van der Waals surface area contributed by atoms with Gasteiger partial charge in [-0.25, -0.2) is 4.79 Å². The molecule has 2 aliphatic heterocycles. The Bertz CT molecular complexity index is 1080. The molecule has 2 aliphatic rings. The summed E-state index contributed by atoms with van der Waals surface area (Å²) < 4.78 is 14.8. The number of hydrogen-bond acceptors (Lipinski definition) is 7. The average molecular weight is 453 g/mol. The second-order valence-corrected chi connectivity index (χ2v) is 8.77. The van der Waals surface area contributed by atoms with Crippen molar-refractivity contribution >= 4 is 40.2 Å². The van der Waals surface area contributed by atoms with Gasteiger partial charge in [0, 0.05) is 44.5 Å². The third-order valence-electron chi connectivity index (χ3n) is 6.12. The lowest BCUT2D eigenvalue weighted by atomic mass is 10.1. The number of ether oxygens (including phenoxy) is 1. The fourth-order valence-electron chi connectivity index (χ4n) is 4.34. The Morgan fingerprint density at radius 2 is 1.97 bits per heavy atom. The predicted octanol–water partition coefficient (Wildman–Crippen LogP) is 3.35. The molecule has 0 radical (unpaired) electrons. The van der Waals surface area contributed by atoms with Crippen LogP contribution in [0.5, 0.6) is 5.75 Å². The summed E-state index contributed by atoms with van der Waals surface area (Å²) in [6, 6.07) is 12.1. The van der Waals surface area contributed by atoms with Crippen LogP contribution in [0.4, 0.5) is 16.2 Å². The molecule has 0 spiro atoms. The van der Waals surface area contributed by atoms with Gasteiger partial charge in [0.1, 0.15) is 16.8 Å². The van der Waals surface area contributed by atoms with Crippen LogP contribution in [-0.4, -0.2) is 65.6 Å². The standard InChI is InChI=1S/C23H28N6O2S/c30-23-24-9-8-17-6-7-18(16-20(17)25-23)31-15-2-1-10-28-11-13-29(14-12-28)21-5-3-4-19-22(21)27-32-26-19/h3-7,16H,1-2,8-15H2,(H2,24,25,30). The summed E-state index contributed by atoms with van der Waals surface area (Å²) in [4.78, 5) is 16.6. The molecule has 5 rings (SSSR count). The molecule has 168 valence electrons. The molecule has 0 saturated carbocycles. The molecule has 1 fully saturated rings. The first-order valence-corrected chi connectivity index (χ1v) is 12.0. The number of nitrogens with one attached hydrogen (secondary N) is 2. The summed E-state index contributed by atoms with van der Waals surface area (Å²) >= 11 is 1.28. The van der Waals surface area contributed by atoms with E-state index in [4.69, 9.17) is 4.74 Å². The first kappa shape index (κ1) is 21.0. The highest BCUT2D eigenvalue weighted by Gasteiger charge is 2.19. The zero-order valence-electron chi connectivity index (χ0n) is 18.0. The minimum atomic E-state index is -0.152. The zero-order valence-corrected chi connectivity index (χ0v) is 18.9. The molecule has 1 saturated heterocycles. The molecule has 8 nitrogen and oxygen atoms in total. The number of piperazine rings is 1.